The molecule has 0 amide bonds. The molecule has 0 aliphatic carbocycles. The molecule has 0 heterocycles. The van der Waals surface area contributed by atoms with Crippen molar-refractivity contribution in [2.45, 2.75) is 25.7 Å². The molecule has 0 aliphatic heterocycles. The minimum absolute atomic E-state index is 0.231. The molecule has 0 saturated heterocycles. The maximum absolute atomic E-state index is 11.0. The molecule has 0 fully saturated rings. The van der Waals surface area contributed by atoms with Gasteiger partial charge in [0.15, 0.2) is 0 Å². The third-order valence-corrected chi connectivity index (χ3v) is 1.62. The maximum Gasteiger partial charge on any atom is 0.306 e. The number of carbonyl (C=O) groups is 1. The Morgan fingerprint density at radius 1 is 1.33 bits per heavy atom. The van der Waals surface area contributed by atoms with Crippen molar-refractivity contribution in [1.29, 1.82) is 0 Å². The summed E-state index contributed by atoms with van der Waals surface area (Å²) >= 11 is 0. The van der Waals surface area contributed by atoms with Gasteiger partial charge in [-0.1, -0.05) is 0 Å². The first kappa shape index (κ1) is 13.9. The van der Waals surface area contributed by atoms with Crippen molar-refractivity contribution in [2.24, 2.45) is 0 Å². The zero-order chi connectivity index (χ0) is 11.4. The highest BCUT2D eigenvalue weighted by molar-refractivity contribution is 5.69. The Morgan fingerprint density at radius 3 is 2.73 bits per heavy atom. The molecule has 0 radical (unpaired) electrons. The largest absolute Gasteiger partial charge is 0.466 e. The monoisotopic (exact) mass is 214 g/mol. The Morgan fingerprint density at radius 2 is 2.07 bits per heavy atom. The second-order valence-corrected chi connectivity index (χ2v) is 2.95. The molecular formula is C11H18O4. The van der Waals surface area contributed by atoms with Gasteiger partial charge in [0.1, 0.15) is 6.79 Å². The number of unbranched alkanes of at least 4 members (excludes halogenated alkanes) is 1. The number of carbonyl (C=O) groups excluding carboxylic acids is 1. The molecule has 0 atom stereocenters. The molecule has 0 saturated carbocycles. The number of esters is 1. The fourth-order valence-electron chi connectivity index (χ4n) is 0.881. The molecule has 0 unspecified atom stereocenters. The van der Waals surface area contributed by atoms with Crippen molar-refractivity contribution in [3.8, 4) is 12.3 Å². The smallest absolute Gasteiger partial charge is 0.306 e. The van der Waals surface area contributed by atoms with Crippen LogP contribution in [0.15, 0.2) is 0 Å². The second kappa shape index (κ2) is 11.0. The SMILES string of the molecule is C#CCCC(=O)OCCCCOCOC. The number of hydrogen-bond donors (Lipinski definition) is 0. The van der Waals surface area contributed by atoms with Crippen LogP contribution in [0.25, 0.3) is 0 Å². The van der Waals surface area contributed by atoms with Crippen molar-refractivity contribution >= 4 is 5.97 Å². The number of terminal acetylenes is 1. The first-order valence-electron chi connectivity index (χ1n) is 4.97. The van der Waals surface area contributed by atoms with E-state index >= 15 is 0 Å². The van der Waals surface area contributed by atoms with E-state index in [0.29, 0.717) is 32.8 Å². The Balaban J connectivity index is 3.10. The van der Waals surface area contributed by atoms with Gasteiger partial charge < -0.3 is 14.2 Å². The predicted octanol–water partition coefficient (Wildman–Crippen LogP) is 1.34. The summed E-state index contributed by atoms with van der Waals surface area (Å²) in [5, 5.41) is 0. The molecule has 0 spiro atoms. The van der Waals surface area contributed by atoms with Crippen LogP contribution < -0.4 is 0 Å². The lowest BCUT2D eigenvalue weighted by molar-refractivity contribution is -0.143. The molecule has 4 nitrogen and oxygen atoms in total. The molecule has 0 aromatic carbocycles. The van der Waals surface area contributed by atoms with Gasteiger partial charge in [-0.15, -0.1) is 12.3 Å². The first-order chi connectivity index (χ1) is 7.31. The van der Waals surface area contributed by atoms with Gasteiger partial charge in [-0.3, -0.25) is 4.79 Å². The van der Waals surface area contributed by atoms with Gasteiger partial charge in [-0.2, -0.15) is 0 Å². The lowest BCUT2D eigenvalue weighted by atomic mass is 10.3. The van der Waals surface area contributed by atoms with Gasteiger partial charge in [0, 0.05) is 20.1 Å². The van der Waals surface area contributed by atoms with Gasteiger partial charge in [-0.05, 0) is 12.8 Å². The summed E-state index contributed by atoms with van der Waals surface area (Å²) in [4.78, 5) is 11.0. The van der Waals surface area contributed by atoms with Crippen LogP contribution in [-0.4, -0.2) is 33.1 Å². The van der Waals surface area contributed by atoms with E-state index in [2.05, 4.69) is 5.92 Å². The van der Waals surface area contributed by atoms with E-state index in [1.165, 1.54) is 0 Å². The van der Waals surface area contributed by atoms with Gasteiger partial charge in [0.25, 0.3) is 0 Å². The molecule has 0 aliphatic rings. The van der Waals surface area contributed by atoms with Gasteiger partial charge in [0.2, 0.25) is 0 Å². The minimum Gasteiger partial charge on any atom is -0.466 e. The number of hydrogen-bond acceptors (Lipinski definition) is 4. The van der Waals surface area contributed by atoms with Crippen molar-refractivity contribution in [3.63, 3.8) is 0 Å². The third kappa shape index (κ3) is 10.9. The highest BCUT2D eigenvalue weighted by atomic mass is 16.7. The molecular weight excluding hydrogens is 196 g/mol. The topological polar surface area (TPSA) is 44.8 Å². The van der Waals surface area contributed by atoms with E-state index in [0.717, 1.165) is 12.8 Å². The van der Waals surface area contributed by atoms with Crippen LogP contribution in [0.4, 0.5) is 0 Å². The van der Waals surface area contributed by atoms with Crippen LogP contribution in [0.5, 0.6) is 0 Å². The lowest BCUT2D eigenvalue weighted by Gasteiger charge is -2.04. The van der Waals surface area contributed by atoms with Crippen molar-refractivity contribution in [3.05, 3.63) is 0 Å². The third-order valence-electron chi connectivity index (χ3n) is 1.62. The molecule has 0 bridgehead atoms. The molecule has 4 heteroatoms. The Bertz CT molecular complexity index is 195. The molecule has 0 rings (SSSR count). The summed E-state index contributed by atoms with van der Waals surface area (Å²) in [6.45, 7) is 1.36. The van der Waals surface area contributed by atoms with Crippen molar-refractivity contribution in [1.82, 2.24) is 0 Å². The van der Waals surface area contributed by atoms with E-state index in [9.17, 15) is 4.79 Å². The average molecular weight is 214 g/mol. The predicted molar refractivity (Wildman–Crippen MR) is 56.1 cm³/mol. The Labute approximate surface area is 90.9 Å². The zero-order valence-corrected chi connectivity index (χ0v) is 9.16. The van der Waals surface area contributed by atoms with Gasteiger partial charge >= 0.3 is 5.97 Å². The summed E-state index contributed by atoms with van der Waals surface area (Å²) in [6, 6.07) is 0. The van der Waals surface area contributed by atoms with Crippen LogP contribution in [0.2, 0.25) is 0 Å². The molecule has 86 valence electrons. The van der Waals surface area contributed by atoms with Crippen LogP contribution in [0.1, 0.15) is 25.7 Å². The van der Waals surface area contributed by atoms with Crippen molar-refractivity contribution in [2.75, 3.05) is 27.1 Å². The molecule has 15 heavy (non-hydrogen) atoms. The zero-order valence-electron chi connectivity index (χ0n) is 9.16. The van der Waals surface area contributed by atoms with Crippen LogP contribution >= 0.6 is 0 Å². The maximum atomic E-state index is 11.0. The van der Waals surface area contributed by atoms with Gasteiger partial charge in [-0.25, -0.2) is 0 Å². The van der Waals surface area contributed by atoms with E-state index < -0.39 is 0 Å². The Hall–Kier alpha value is -1.05. The fraction of sp³-hybridized carbons (Fsp3) is 0.727. The number of methoxy groups -OCH3 is 1. The summed E-state index contributed by atoms with van der Waals surface area (Å²) in [6.07, 6.45) is 7.41. The fourth-order valence-corrected chi connectivity index (χ4v) is 0.881. The molecule has 0 aromatic heterocycles. The number of ether oxygens (including phenoxy) is 3. The van der Waals surface area contributed by atoms with Crippen LogP contribution in [-0.2, 0) is 19.0 Å². The van der Waals surface area contributed by atoms with Crippen LogP contribution in [0, 0.1) is 12.3 Å². The van der Waals surface area contributed by atoms with E-state index in [-0.39, 0.29) is 5.97 Å². The standard InChI is InChI=1S/C11H18O4/c1-3-4-7-11(12)15-9-6-5-8-14-10-13-2/h1H,4-10H2,2H3. The minimum atomic E-state index is -0.231. The normalized spacial score (nSPS) is 9.60. The van der Waals surface area contributed by atoms with E-state index in [4.69, 9.17) is 20.6 Å². The highest BCUT2D eigenvalue weighted by Crippen LogP contribution is 1.95. The summed E-state index contributed by atoms with van der Waals surface area (Å²) in [7, 11) is 1.58. The molecule has 0 N–H and O–H groups in total. The lowest BCUT2D eigenvalue weighted by Crippen LogP contribution is -2.06. The van der Waals surface area contributed by atoms with Crippen molar-refractivity contribution < 1.29 is 19.0 Å². The Kier molecular flexibility index (Phi) is 10.3. The van der Waals surface area contributed by atoms with Gasteiger partial charge in [0.05, 0.1) is 13.0 Å². The average Bonchev–Trinajstić information content (AvgIpc) is 2.25. The van der Waals surface area contributed by atoms with E-state index in [1.54, 1.807) is 7.11 Å². The first-order valence-corrected chi connectivity index (χ1v) is 4.97. The van der Waals surface area contributed by atoms with Crippen LogP contribution in [0.3, 0.4) is 0 Å². The number of rotatable bonds is 9. The molecule has 0 aromatic rings. The summed E-state index contributed by atoms with van der Waals surface area (Å²) < 4.78 is 14.7. The second-order valence-electron chi connectivity index (χ2n) is 2.95. The quantitative estimate of drug-likeness (QED) is 0.251. The summed E-state index contributed by atoms with van der Waals surface area (Å²) in [5.41, 5.74) is 0. The van der Waals surface area contributed by atoms with E-state index in [1.807, 2.05) is 0 Å². The highest BCUT2D eigenvalue weighted by Gasteiger charge is 2.00. The summed E-state index contributed by atoms with van der Waals surface area (Å²) in [5.74, 6) is 2.16.